The molecule has 2 unspecified atom stereocenters. The van der Waals surface area contributed by atoms with E-state index in [1.165, 1.54) is 17.3 Å². The maximum absolute atomic E-state index is 14.2. The van der Waals surface area contributed by atoms with Gasteiger partial charge in [0.1, 0.15) is 5.75 Å². The molecule has 2 amide bonds. The number of nitrogens with zero attached hydrogens (tertiary/aromatic N) is 3. The van der Waals surface area contributed by atoms with Crippen molar-refractivity contribution in [3.63, 3.8) is 0 Å². The molecule has 0 aromatic heterocycles. The van der Waals surface area contributed by atoms with Crippen molar-refractivity contribution >= 4 is 35.0 Å². The Bertz CT molecular complexity index is 1220. The Morgan fingerprint density at radius 2 is 1.65 bits per heavy atom. The molecule has 2 heterocycles. The molecule has 0 bridgehead atoms. The summed E-state index contributed by atoms with van der Waals surface area (Å²) in [4.78, 5) is 32.2. The number of hydrogen-bond donors (Lipinski definition) is 0. The maximum Gasteiger partial charge on any atom is 0.269 e. The monoisotopic (exact) mass is 473 g/mol. The molecule has 1 fully saturated rings. The lowest BCUT2D eigenvalue weighted by Gasteiger charge is -2.33. The number of benzene rings is 3. The minimum atomic E-state index is -1.13. The molecule has 0 N–H and O–H groups in total. The summed E-state index contributed by atoms with van der Waals surface area (Å²) >= 11 is 1.42. The van der Waals surface area contributed by atoms with E-state index in [9.17, 15) is 9.59 Å². The number of rotatable bonds is 6. The van der Waals surface area contributed by atoms with E-state index >= 15 is 0 Å². The van der Waals surface area contributed by atoms with Gasteiger partial charge in [0.2, 0.25) is 10.8 Å². The first-order chi connectivity index (χ1) is 16.5. The lowest BCUT2D eigenvalue weighted by atomic mass is 10.0. The van der Waals surface area contributed by atoms with Crippen molar-refractivity contribution in [1.29, 1.82) is 0 Å². The van der Waals surface area contributed by atoms with Crippen LogP contribution in [0.15, 0.2) is 78.9 Å². The zero-order valence-electron chi connectivity index (χ0n) is 19.5. The van der Waals surface area contributed by atoms with Crippen LogP contribution in [0, 0.1) is 0 Å². The van der Waals surface area contributed by atoms with Gasteiger partial charge in [-0.3, -0.25) is 24.3 Å². The van der Waals surface area contributed by atoms with Crippen molar-refractivity contribution in [3.8, 4) is 5.75 Å². The molecule has 0 saturated carbocycles. The van der Waals surface area contributed by atoms with Crippen molar-refractivity contribution in [1.82, 2.24) is 4.90 Å². The van der Waals surface area contributed by atoms with Crippen LogP contribution in [0.5, 0.6) is 5.75 Å². The number of para-hydroxylation sites is 1. The van der Waals surface area contributed by atoms with E-state index in [-0.39, 0.29) is 17.1 Å². The first kappa shape index (κ1) is 22.5. The number of carbonyl (C=O) groups is 2. The zero-order valence-corrected chi connectivity index (χ0v) is 20.3. The highest BCUT2D eigenvalue weighted by Crippen LogP contribution is 2.57. The average Bonchev–Trinajstić information content (AvgIpc) is 3.25. The van der Waals surface area contributed by atoms with Crippen molar-refractivity contribution in [2.24, 2.45) is 0 Å². The van der Waals surface area contributed by atoms with Gasteiger partial charge in [0, 0.05) is 17.8 Å². The van der Waals surface area contributed by atoms with Crippen LogP contribution in [0.25, 0.3) is 0 Å². The first-order valence-electron chi connectivity index (χ1n) is 11.3. The normalized spacial score (nSPS) is 21.6. The van der Waals surface area contributed by atoms with Crippen LogP contribution in [0.4, 0.5) is 11.4 Å². The fraction of sp³-hybridized carbons (Fsp3) is 0.259. The quantitative estimate of drug-likeness (QED) is 0.529. The summed E-state index contributed by atoms with van der Waals surface area (Å²) < 4.78 is 5.29. The van der Waals surface area contributed by atoms with Crippen LogP contribution < -0.4 is 14.5 Å². The maximum atomic E-state index is 14.2. The number of hydrogen-bond acceptors (Lipinski definition) is 5. The summed E-state index contributed by atoms with van der Waals surface area (Å²) in [5.41, 5.74) is 3.57. The van der Waals surface area contributed by atoms with E-state index in [1.54, 1.807) is 12.0 Å². The average molecular weight is 474 g/mol. The van der Waals surface area contributed by atoms with E-state index in [1.807, 2.05) is 85.6 Å². The Labute approximate surface area is 204 Å². The van der Waals surface area contributed by atoms with E-state index in [2.05, 4.69) is 17.0 Å². The summed E-state index contributed by atoms with van der Waals surface area (Å²) in [5, 5.41) is -0.346. The third kappa shape index (κ3) is 3.56. The molecule has 1 saturated heterocycles. The van der Waals surface area contributed by atoms with E-state index < -0.39 is 4.87 Å². The molecule has 3 aromatic rings. The first-order valence-corrected chi connectivity index (χ1v) is 12.1. The van der Waals surface area contributed by atoms with Crippen LogP contribution in [0.2, 0.25) is 0 Å². The van der Waals surface area contributed by atoms with Crippen molar-refractivity contribution in [3.05, 3.63) is 90.0 Å². The zero-order chi connectivity index (χ0) is 23.9. The van der Waals surface area contributed by atoms with Gasteiger partial charge in [-0.1, -0.05) is 48.5 Å². The molecular weight excluding hydrogens is 446 g/mol. The highest BCUT2D eigenvalue weighted by molar-refractivity contribution is 8.03. The van der Waals surface area contributed by atoms with Gasteiger partial charge in [0.15, 0.2) is 0 Å². The fourth-order valence-corrected chi connectivity index (χ4v) is 6.33. The molecule has 34 heavy (non-hydrogen) atoms. The number of methoxy groups -OCH3 is 1. The number of amides is 2. The summed E-state index contributed by atoms with van der Waals surface area (Å²) in [5.74, 6) is 0.539. The fourth-order valence-electron chi connectivity index (χ4n) is 4.80. The smallest absolute Gasteiger partial charge is 0.269 e. The lowest BCUT2D eigenvalue weighted by Crippen LogP contribution is -2.51. The van der Waals surface area contributed by atoms with Crippen molar-refractivity contribution < 1.29 is 14.3 Å². The van der Waals surface area contributed by atoms with Gasteiger partial charge in [0.25, 0.3) is 5.91 Å². The van der Waals surface area contributed by atoms with Crippen LogP contribution in [-0.4, -0.2) is 42.8 Å². The van der Waals surface area contributed by atoms with Gasteiger partial charge in [-0.25, -0.2) is 0 Å². The van der Waals surface area contributed by atoms with Crippen LogP contribution in [0.1, 0.15) is 18.1 Å². The van der Waals surface area contributed by atoms with Crippen LogP contribution in [0.3, 0.4) is 0 Å². The minimum absolute atomic E-state index is 0.0715. The van der Waals surface area contributed by atoms with Gasteiger partial charge >= 0.3 is 0 Å². The third-order valence-corrected chi connectivity index (χ3v) is 7.81. The summed E-state index contributed by atoms with van der Waals surface area (Å²) in [6.45, 7) is 3.01. The molecule has 2 atom stereocenters. The number of carbonyl (C=O) groups excluding carboxylic acids is 2. The van der Waals surface area contributed by atoms with Crippen LogP contribution in [-0.2, 0) is 21.0 Å². The number of ether oxygens (including phenoxy) is 1. The topological polar surface area (TPSA) is 53.1 Å². The van der Waals surface area contributed by atoms with Gasteiger partial charge in [-0.05, 0) is 49.9 Å². The highest BCUT2D eigenvalue weighted by atomic mass is 32.2. The van der Waals surface area contributed by atoms with E-state index in [0.717, 1.165) is 11.3 Å². The summed E-state index contributed by atoms with van der Waals surface area (Å²) in [6.07, 6.45) is 0. The van der Waals surface area contributed by atoms with Crippen molar-refractivity contribution in [2.75, 3.05) is 30.6 Å². The molecule has 6 nitrogen and oxygen atoms in total. The SMILES string of the molecule is COc1ccc(N2C(=O)C(C)SC23C(=O)N(CN(C)Cc2ccccc2)c2ccccc23)cc1. The molecule has 3 aromatic carbocycles. The molecule has 1 spiro atoms. The molecular formula is C27H27N3O3S. The molecule has 5 rings (SSSR count). The Kier molecular flexibility index (Phi) is 5.83. The second-order valence-corrected chi connectivity index (χ2v) is 10.2. The molecule has 174 valence electrons. The van der Waals surface area contributed by atoms with Gasteiger partial charge < -0.3 is 4.74 Å². The molecule has 0 aliphatic carbocycles. The standard InChI is InChI=1S/C27H27N3O3S/c1-19-25(31)30(21-13-15-22(33-3)16-14-21)27(34-19)23-11-7-8-12-24(23)29(26(27)32)18-28(2)17-20-9-5-4-6-10-20/h4-16,19H,17-18H2,1-3H3. The molecule has 2 aliphatic rings. The summed E-state index contributed by atoms with van der Waals surface area (Å²) in [6, 6.07) is 25.3. The largest absolute Gasteiger partial charge is 0.497 e. The second kappa shape index (κ2) is 8.81. The third-order valence-electron chi connectivity index (χ3n) is 6.33. The number of fused-ring (bicyclic) bond motifs is 2. The molecule has 0 radical (unpaired) electrons. The second-order valence-electron chi connectivity index (χ2n) is 8.67. The lowest BCUT2D eigenvalue weighted by molar-refractivity contribution is -0.124. The predicted molar refractivity (Wildman–Crippen MR) is 136 cm³/mol. The molecule has 2 aliphatic heterocycles. The molecule has 7 heteroatoms. The number of thioether (sulfide) groups is 1. The Hall–Kier alpha value is -3.29. The van der Waals surface area contributed by atoms with E-state index in [0.29, 0.717) is 24.7 Å². The Morgan fingerprint density at radius 1 is 0.971 bits per heavy atom. The van der Waals surface area contributed by atoms with Gasteiger partial charge in [-0.2, -0.15) is 0 Å². The van der Waals surface area contributed by atoms with Gasteiger partial charge in [-0.15, -0.1) is 11.8 Å². The van der Waals surface area contributed by atoms with Gasteiger partial charge in [0.05, 0.1) is 24.7 Å². The predicted octanol–water partition coefficient (Wildman–Crippen LogP) is 4.45. The Balaban J connectivity index is 1.54. The van der Waals surface area contributed by atoms with Crippen LogP contribution >= 0.6 is 11.8 Å². The number of anilines is 2. The highest BCUT2D eigenvalue weighted by Gasteiger charge is 2.63. The summed E-state index contributed by atoms with van der Waals surface area (Å²) in [7, 11) is 3.61. The minimum Gasteiger partial charge on any atom is -0.497 e. The van der Waals surface area contributed by atoms with Crippen molar-refractivity contribution in [2.45, 2.75) is 23.6 Å². The van der Waals surface area contributed by atoms with E-state index in [4.69, 9.17) is 4.74 Å². The Morgan fingerprint density at radius 3 is 2.35 bits per heavy atom.